The zero-order valence-corrected chi connectivity index (χ0v) is 27.4. The van der Waals surface area contributed by atoms with Crippen molar-refractivity contribution >= 4 is 27.5 Å². The van der Waals surface area contributed by atoms with E-state index in [0.717, 1.165) is 35.1 Å². The molecule has 3 atom stereocenters. The summed E-state index contributed by atoms with van der Waals surface area (Å²) in [6.07, 6.45) is 2.48. The molecule has 1 aliphatic rings. The van der Waals surface area contributed by atoms with Gasteiger partial charge in [-0.3, -0.25) is 0 Å². The van der Waals surface area contributed by atoms with Gasteiger partial charge in [-0.05, 0) is 62.7 Å². The van der Waals surface area contributed by atoms with E-state index in [-0.39, 0.29) is 31.5 Å². The SMILES string of the molecule is CCc1ccc(Cc2cc(C3CC(OCc4ccccc4)CC(COCc4ccccc4)O3)c(OCCO)c(Br)c2Cl)cc1. The topological polar surface area (TPSA) is 57.2 Å². The lowest BCUT2D eigenvalue weighted by Gasteiger charge is -2.36. The van der Waals surface area contributed by atoms with Crippen LogP contribution in [0, 0.1) is 0 Å². The number of ether oxygens (including phenoxy) is 4. The van der Waals surface area contributed by atoms with Gasteiger partial charge in [0.25, 0.3) is 0 Å². The summed E-state index contributed by atoms with van der Waals surface area (Å²) in [7, 11) is 0. The van der Waals surface area contributed by atoms with Crippen molar-refractivity contribution in [2.75, 3.05) is 19.8 Å². The molecule has 44 heavy (non-hydrogen) atoms. The highest BCUT2D eigenvalue weighted by molar-refractivity contribution is 9.10. The third-order valence-corrected chi connectivity index (χ3v) is 9.30. The highest BCUT2D eigenvalue weighted by Gasteiger charge is 2.34. The van der Waals surface area contributed by atoms with Gasteiger partial charge >= 0.3 is 0 Å². The summed E-state index contributed by atoms with van der Waals surface area (Å²) in [6, 6.07) is 31.1. The van der Waals surface area contributed by atoms with Gasteiger partial charge < -0.3 is 24.1 Å². The Bertz CT molecular complexity index is 1450. The molecule has 0 bridgehead atoms. The van der Waals surface area contributed by atoms with E-state index in [1.807, 2.05) is 36.4 Å². The second-order valence-corrected chi connectivity index (χ2v) is 12.3. The van der Waals surface area contributed by atoms with Gasteiger partial charge in [-0.1, -0.05) is 103 Å². The molecule has 0 saturated carbocycles. The lowest BCUT2D eigenvalue weighted by atomic mass is 9.92. The highest BCUT2D eigenvalue weighted by Crippen LogP contribution is 2.45. The Morgan fingerprint density at radius 2 is 1.52 bits per heavy atom. The van der Waals surface area contributed by atoms with E-state index in [1.54, 1.807) is 0 Å². The maximum atomic E-state index is 9.59. The fourth-order valence-corrected chi connectivity index (χ4v) is 6.35. The van der Waals surface area contributed by atoms with Crippen LogP contribution in [0.2, 0.25) is 5.02 Å². The van der Waals surface area contributed by atoms with Crippen molar-refractivity contribution in [2.24, 2.45) is 0 Å². The van der Waals surface area contributed by atoms with Crippen LogP contribution in [0.5, 0.6) is 5.75 Å². The van der Waals surface area contributed by atoms with Crippen molar-refractivity contribution in [3.63, 3.8) is 0 Å². The monoisotopic (exact) mass is 678 g/mol. The minimum atomic E-state index is -0.321. The summed E-state index contributed by atoms with van der Waals surface area (Å²) in [4.78, 5) is 0. The largest absolute Gasteiger partial charge is 0.490 e. The lowest BCUT2D eigenvalue weighted by molar-refractivity contribution is -0.142. The summed E-state index contributed by atoms with van der Waals surface area (Å²) in [5.74, 6) is 0.590. The third-order valence-electron chi connectivity index (χ3n) is 7.88. The Balaban J connectivity index is 1.41. The zero-order valence-electron chi connectivity index (χ0n) is 25.1. The molecule has 7 heteroatoms. The van der Waals surface area contributed by atoms with Crippen LogP contribution < -0.4 is 4.74 Å². The van der Waals surface area contributed by atoms with E-state index in [9.17, 15) is 5.11 Å². The van der Waals surface area contributed by atoms with Crippen LogP contribution in [0.25, 0.3) is 0 Å². The molecule has 0 spiro atoms. The molecule has 0 amide bonds. The van der Waals surface area contributed by atoms with E-state index in [2.05, 4.69) is 77.5 Å². The van der Waals surface area contributed by atoms with Crippen molar-refractivity contribution in [1.29, 1.82) is 0 Å². The number of hydrogen-bond donors (Lipinski definition) is 1. The van der Waals surface area contributed by atoms with Gasteiger partial charge in [0.2, 0.25) is 0 Å². The average molecular weight is 680 g/mol. The molecule has 1 saturated heterocycles. The molecular weight excluding hydrogens is 640 g/mol. The molecule has 5 nitrogen and oxygen atoms in total. The van der Waals surface area contributed by atoms with E-state index < -0.39 is 0 Å². The first-order valence-electron chi connectivity index (χ1n) is 15.3. The zero-order chi connectivity index (χ0) is 30.7. The van der Waals surface area contributed by atoms with Gasteiger partial charge in [0, 0.05) is 18.4 Å². The second-order valence-electron chi connectivity index (χ2n) is 11.1. The average Bonchev–Trinajstić information content (AvgIpc) is 3.06. The van der Waals surface area contributed by atoms with Crippen LogP contribution in [0.15, 0.2) is 95.5 Å². The maximum Gasteiger partial charge on any atom is 0.140 e. The smallest absolute Gasteiger partial charge is 0.140 e. The van der Waals surface area contributed by atoms with Gasteiger partial charge in [-0.25, -0.2) is 0 Å². The normalized spacial score (nSPS) is 18.3. The number of rotatable bonds is 14. The van der Waals surface area contributed by atoms with Crippen LogP contribution >= 0.6 is 27.5 Å². The molecule has 1 aliphatic heterocycles. The first-order chi connectivity index (χ1) is 21.5. The van der Waals surface area contributed by atoms with Crippen molar-refractivity contribution in [3.8, 4) is 5.75 Å². The fourth-order valence-electron chi connectivity index (χ4n) is 5.54. The van der Waals surface area contributed by atoms with Crippen LogP contribution in [0.1, 0.15) is 59.3 Å². The first kappa shape index (κ1) is 32.7. The Labute approximate surface area is 274 Å². The molecule has 1 N–H and O–H groups in total. The van der Waals surface area contributed by atoms with Gasteiger partial charge in [-0.15, -0.1) is 0 Å². The molecule has 5 rings (SSSR count). The molecule has 0 radical (unpaired) electrons. The Kier molecular flexibility index (Phi) is 12.3. The summed E-state index contributed by atoms with van der Waals surface area (Å²) in [5, 5.41) is 10.2. The first-order valence-corrected chi connectivity index (χ1v) is 16.5. The highest BCUT2D eigenvalue weighted by atomic mass is 79.9. The van der Waals surface area contributed by atoms with E-state index >= 15 is 0 Å². The molecule has 4 aromatic carbocycles. The van der Waals surface area contributed by atoms with Gasteiger partial charge in [0.05, 0.1) is 54.2 Å². The van der Waals surface area contributed by atoms with Crippen molar-refractivity contribution < 1.29 is 24.1 Å². The summed E-state index contributed by atoms with van der Waals surface area (Å²) < 4.78 is 26.1. The number of hydrogen-bond acceptors (Lipinski definition) is 5. The van der Waals surface area contributed by atoms with Gasteiger partial charge in [-0.2, -0.15) is 0 Å². The minimum Gasteiger partial charge on any atom is -0.490 e. The molecule has 232 valence electrons. The van der Waals surface area contributed by atoms with Gasteiger partial charge in [0.1, 0.15) is 12.4 Å². The molecular formula is C37H40BrClO5. The summed E-state index contributed by atoms with van der Waals surface area (Å²) in [6.45, 7) is 3.66. The van der Waals surface area contributed by atoms with Crippen LogP contribution in [0.3, 0.4) is 0 Å². The van der Waals surface area contributed by atoms with Crippen molar-refractivity contribution in [1.82, 2.24) is 0 Å². The number of aliphatic hydroxyl groups excluding tert-OH is 1. The number of halogens is 2. The predicted molar refractivity (Wildman–Crippen MR) is 178 cm³/mol. The maximum absolute atomic E-state index is 9.59. The minimum absolute atomic E-state index is 0.0514. The summed E-state index contributed by atoms with van der Waals surface area (Å²) >= 11 is 10.6. The molecule has 0 aliphatic carbocycles. The third kappa shape index (κ3) is 8.94. The molecule has 0 aromatic heterocycles. The Morgan fingerprint density at radius 3 is 2.18 bits per heavy atom. The second kappa shape index (κ2) is 16.6. The molecule has 1 fully saturated rings. The fraction of sp³-hybridized carbons (Fsp3) is 0.351. The van der Waals surface area contributed by atoms with E-state index in [4.69, 9.17) is 30.5 Å². The number of aliphatic hydroxyl groups is 1. The number of benzene rings is 4. The standard InChI is InChI=1S/C37H40BrClO5/c1-2-26-13-15-27(16-14-26)19-30-20-33(37(42-18-17-40)35(38)36(30)39)34-22-31(43-24-29-11-7-4-8-12-29)21-32(44-34)25-41-23-28-9-5-3-6-10-28/h3-16,20,31-32,34,40H,2,17-19,21-25H2,1H3. The van der Waals surface area contributed by atoms with Crippen LogP contribution in [-0.4, -0.2) is 37.1 Å². The molecule has 3 unspecified atom stereocenters. The van der Waals surface area contributed by atoms with Gasteiger partial charge in [0.15, 0.2) is 0 Å². The van der Waals surface area contributed by atoms with Crippen molar-refractivity contribution in [2.45, 2.75) is 64.1 Å². The predicted octanol–water partition coefficient (Wildman–Crippen LogP) is 8.65. The quantitative estimate of drug-likeness (QED) is 0.145. The molecule has 1 heterocycles. The molecule has 4 aromatic rings. The summed E-state index contributed by atoms with van der Waals surface area (Å²) in [5.41, 5.74) is 6.58. The lowest BCUT2D eigenvalue weighted by Crippen LogP contribution is -2.36. The van der Waals surface area contributed by atoms with Crippen LogP contribution in [-0.2, 0) is 40.3 Å². The van der Waals surface area contributed by atoms with Crippen molar-refractivity contribution in [3.05, 3.63) is 134 Å². The van der Waals surface area contributed by atoms with Crippen LogP contribution in [0.4, 0.5) is 0 Å². The van der Waals surface area contributed by atoms with E-state index in [0.29, 0.717) is 47.9 Å². The Hall–Kier alpha value is -2.71. The Morgan fingerprint density at radius 1 is 0.864 bits per heavy atom. The number of aryl methyl sites for hydroxylation is 1. The van der Waals surface area contributed by atoms with E-state index in [1.165, 1.54) is 11.1 Å².